The van der Waals surface area contributed by atoms with Gasteiger partial charge in [0.05, 0.1) is 24.6 Å². The third-order valence-corrected chi connectivity index (χ3v) is 6.05. The molecule has 4 aromatic rings. The summed E-state index contributed by atoms with van der Waals surface area (Å²) >= 11 is 1.63. The van der Waals surface area contributed by atoms with Crippen LogP contribution in [0.5, 0.6) is 0 Å². The molecular weight excluding hydrogens is 398 g/mol. The predicted molar refractivity (Wildman–Crippen MR) is 116 cm³/mol. The highest BCUT2D eigenvalue weighted by Crippen LogP contribution is 2.29. The van der Waals surface area contributed by atoms with Crippen LogP contribution in [-0.2, 0) is 10.5 Å². The van der Waals surface area contributed by atoms with E-state index in [-0.39, 0.29) is 0 Å². The van der Waals surface area contributed by atoms with Gasteiger partial charge in [0.2, 0.25) is 11.7 Å². The maximum absolute atomic E-state index is 5.50. The van der Waals surface area contributed by atoms with Gasteiger partial charge in [-0.05, 0) is 32.0 Å². The predicted octanol–water partition coefficient (Wildman–Crippen LogP) is 3.06. The highest BCUT2D eigenvalue weighted by molar-refractivity contribution is 7.98. The van der Waals surface area contributed by atoms with Gasteiger partial charge in [-0.15, -0.1) is 10.2 Å². The van der Waals surface area contributed by atoms with E-state index in [0.29, 0.717) is 19.0 Å². The molecule has 5 rings (SSSR count). The number of hydrogen-bond acceptors (Lipinski definition) is 7. The number of morpholine rings is 1. The third kappa shape index (κ3) is 3.66. The molecule has 0 aliphatic carbocycles. The Bertz CT molecular complexity index is 1170. The summed E-state index contributed by atoms with van der Waals surface area (Å²) in [6.45, 7) is 7.10. The van der Waals surface area contributed by atoms with Gasteiger partial charge in [-0.3, -0.25) is 8.97 Å². The van der Waals surface area contributed by atoms with Crippen LogP contribution in [-0.4, -0.2) is 55.4 Å². The van der Waals surface area contributed by atoms with Crippen molar-refractivity contribution >= 4 is 23.5 Å². The van der Waals surface area contributed by atoms with Crippen LogP contribution in [0.15, 0.2) is 47.8 Å². The molecule has 1 saturated heterocycles. The molecule has 3 aromatic heterocycles. The van der Waals surface area contributed by atoms with E-state index in [9.17, 15) is 0 Å². The highest BCUT2D eigenvalue weighted by Gasteiger charge is 2.22. The second-order valence-corrected chi connectivity index (χ2v) is 8.23. The number of para-hydroxylation sites is 1. The van der Waals surface area contributed by atoms with Gasteiger partial charge in [-0.25, -0.2) is 9.97 Å². The van der Waals surface area contributed by atoms with Crippen molar-refractivity contribution in [3.63, 3.8) is 0 Å². The quantitative estimate of drug-likeness (QED) is 0.459. The maximum Gasteiger partial charge on any atom is 0.234 e. The number of anilines is 1. The Morgan fingerprint density at radius 3 is 2.63 bits per heavy atom. The number of rotatable bonds is 5. The Labute approximate surface area is 178 Å². The van der Waals surface area contributed by atoms with Crippen LogP contribution in [0.25, 0.3) is 11.5 Å². The smallest absolute Gasteiger partial charge is 0.234 e. The molecule has 0 amide bonds. The van der Waals surface area contributed by atoms with Gasteiger partial charge in [-0.1, -0.05) is 30.0 Å². The summed E-state index contributed by atoms with van der Waals surface area (Å²) in [7, 11) is 0. The second-order valence-electron chi connectivity index (χ2n) is 7.28. The minimum atomic E-state index is 0.690. The Balaban J connectivity index is 1.45. The van der Waals surface area contributed by atoms with Gasteiger partial charge < -0.3 is 9.64 Å². The second kappa shape index (κ2) is 8.08. The fraction of sp³-hybridized carbons (Fsp3) is 0.333. The molecule has 1 aliphatic rings. The lowest BCUT2D eigenvalue weighted by atomic mass is 10.3. The fourth-order valence-corrected chi connectivity index (χ4v) is 4.48. The normalized spacial score (nSPS) is 14.5. The third-order valence-electron chi connectivity index (χ3n) is 5.09. The monoisotopic (exact) mass is 421 g/mol. The number of nitrogens with zero attached hydrogens (tertiary/aromatic N) is 7. The summed E-state index contributed by atoms with van der Waals surface area (Å²) in [6, 6.07) is 12.3. The molecule has 0 unspecified atom stereocenters. The van der Waals surface area contributed by atoms with Crippen molar-refractivity contribution in [3.8, 4) is 5.69 Å². The molecule has 30 heavy (non-hydrogen) atoms. The molecule has 0 atom stereocenters. The molecule has 0 spiro atoms. The standard InChI is InChI=1S/C21H23N7OS/c1-15-12-16(2)27-13-17(23-19(27)22-15)14-30-21-25-24-20(26-8-10-29-11-9-26)28(21)18-6-4-3-5-7-18/h3-7,12-13H,8-11,14H2,1-2H3. The van der Waals surface area contributed by atoms with Crippen molar-refractivity contribution in [2.45, 2.75) is 24.8 Å². The van der Waals surface area contributed by atoms with Gasteiger partial charge in [0.1, 0.15) is 0 Å². The van der Waals surface area contributed by atoms with Crippen LogP contribution in [0, 0.1) is 13.8 Å². The van der Waals surface area contributed by atoms with E-state index in [1.54, 1.807) is 11.8 Å². The summed E-state index contributed by atoms with van der Waals surface area (Å²) in [6.07, 6.45) is 2.05. The number of imidazole rings is 1. The summed E-state index contributed by atoms with van der Waals surface area (Å²) in [5.41, 5.74) is 4.12. The van der Waals surface area contributed by atoms with Crippen molar-refractivity contribution in [1.29, 1.82) is 0 Å². The number of aryl methyl sites for hydroxylation is 2. The number of thioether (sulfide) groups is 1. The van der Waals surface area contributed by atoms with Crippen LogP contribution in [0.3, 0.4) is 0 Å². The topological polar surface area (TPSA) is 73.4 Å². The molecule has 0 radical (unpaired) electrons. The molecule has 1 fully saturated rings. The van der Waals surface area contributed by atoms with Crippen molar-refractivity contribution in [1.82, 2.24) is 29.1 Å². The first-order valence-electron chi connectivity index (χ1n) is 9.97. The van der Waals surface area contributed by atoms with E-state index in [1.807, 2.05) is 29.5 Å². The van der Waals surface area contributed by atoms with Gasteiger partial charge in [0, 0.05) is 36.4 Å². The SMILES string of the molecule is Cc1cc(C)n2cc(CSc3nnc(N4CCOCC4)n3-c3ccccc3)nc2n1. The number of ether oxygens (including phenoxy) is 1. The molecule has 154 valence electrons. The molecule has 8 nitrogen and oxygen atoms in total. The van der Waals surface area contributed by atoms with Gasteiger partial charge >= 0.3 is 0 Å². The van der Waals surface area contributed by atoms with E-state index >= 15 is 0 Å². The molecular formula is C21H23N7OS. The summed E-state index contributed by atoms with van der Waals surface area (Å²) < 4.78 is 9.66. The zero-order valence-corrected chi connectivity index (χ0v) is 17.8. The van der Waals surface area contributed by atoms with Crippen LogP contribution < -0.4 is 4.90 Å². The molecule has 0 saturated carbocycles. The van der Waals surface area contributed by atoms with Crippen molar-refractivity contribution in [2.24, 2.45) is 0 Å². The first-order chi connectivity index (χ1) is 14.7. The summed E-state index contributed by atoms with van der Waals surface area (Å²) in [4.78, 5) is 11.5. The van der Waals surface area contributed by atoms with Gasteiger partial charge in [0.15, 0.2) is 5.16 Å². The van der Waals surface area contributed by atoms with E-state index in [4.69, 9.17) is 9.72 Å². The summed E-state index contributed by atoms with van der Waals surface area (Å²) in [5.74, 6) is 2.28. The van der Waals surface area contributed by atoms with Crippen molar-refractivity contribution < 1.29 is 4.74 Å². The molecule has 1 aromatic carbocycles. The first kappa shape index (κ1) is 19.1. The zero-order valence-electron chi connectivity index (χ0n) is 17.0. The number of fused-ring (bicyclic) bond motifs is 1. The van der Waals surface area contributed by atoms with E-state index in [1.165, 1.54) is 0 Å². The van der Waals surface area contributed by atoms with E-state index < -0.39 is 0 Å². The molecule has 0 N–H and O–H groups in total. The van der Waals surface area contributed by atoms with Crippen LogP contribution in [0.1, 0.15) is 17.1 Å². The van der Waals surface area contributed by atoms with Gasteiger partial charge in [-0.2, -0.15) is 0 Å². The lowest BCUT2D eigenvalue weighted by Crippen LogP contribution is -2.37. The fourth-order valence-electron chi connectivity index (χ4n) is 3.65. The van der Waals surface area contributed by atoms with Crippen LogP contribution >= 0.6 is 11.8 Å². The molecule has 9 heteroatoms. The molecule has 4 heterocycles. The Kier molecular flexibility index (Phi) is 5.14. The minimum Gasteiger partial charge on any atom is -0.378 e. The zero-order chi connectivity index (χ0) is 20.5. The highest BCUT2D eigenvalue weighted by atomic mass is 32.2. The van der Waals surface area contributed by atoms with Crippen LogP contribution in [0.2, 0.25) is 0 Å². The molecule has 0 bridgehead atoms. The number of benzene rings is 1. The lowest BCUT2D eigenvalue weighted by molar-refractivity contribution is 0.122. The Morgan fingerprint density at radius 1 is 1.03 bits per heavy atom. The molecule has 1 aliphatic heterocycles. The average molecular weight is 422 g/mol. The van der Waals surface area contributed by atoms with Crippen molar-refractivity contribution in [3.05, 3.63) is 59.7 Å². The number of hydrogen-bond donors (Lipinski definition) is 0. The van der Waals surface area contributed by atoms with Gasteiger partial charge in [0.25, 0.3) is 0 Å². The maximum atomic E-state index is 5.50. The number of aromatic nitrogens is 6. The average Bonchev–Trinajstić information content (AvgIpc) is 3.37. The Morgan fingerprint density at radius 2 is 1.83 bits per heavy atom. The van der Waals surface area contributed by atoms with Crippen LogP contribution in [0.4, 0.5) is 5.95 Å². The summed E-state index contributed by atoms with van der Waals surface area (Å²) in [5, 5.41) is 9.88. The first-order valence-corrected chi connectivity index (χ1v) is 11.0. The Hall–Kier alpha value is -2.91. The van der Waals surface area contributed by atoms with E-state index in [0.717, 1.165) is 52.7 Å². The van der Waals surface area contributed by atoms with Crippen molar-refractivity contribution in [2.75, 3.05) is 31.2 Å². The lowest BCUT2D eigenvalue weighted by Gasteiger charge is -2.27. The van der Waals surface area contributed by atoms with E-state index in [2.05, 4.69) is 56.0 Å². The minimum absolute atomic E-state index is 0.690. The largest absolute Gasteiger partial charge is 0.378 e.